The molecule has 0 aromatic heterocycles. The van der Waals surface area contributed by atoms with E-state index in [1.54, 1.807) is 0 Å². The summed E-state index contributed by atoms with van der Waals surface area (Å²) in [4.78, 5) is 0. The Balaban J connectivity index is 0.000000337. The van der Waals surface area contributed by atoms with Crippen LogP contribution in [0.5, 0.6) is 0 Å². The molecule has 0 saturated carbocycles. The summed E-state index contributed by atoms with van der Waals surface area (Å²) in [7, 11) is 5.77. The maximum atomic E-state index is 5.09. The van der Waals surface area contributed by atoms with Gasteiger partial charge in [0.1, 0.15) is 0 Å². The van der Waals surface area contributed by atoms with Crippen molar-refractivity contribution < 1.29 is 0 Å². The molecule has 0 amide bonds. The van der Waals surface area contributed by atoms with Crippen LogP contribution in [0, 0.1) is 4.51 Å². The van der Waals surface area contributed by atoms with E-state index in [-0.39, 0.29) is 0 Å². The number of fused-ring (bicyclic) bond motifs is 1. The quantitative estimate of drug-likeness (QED) is 0.687. The van der Waals surface area contributed by atoms with Crippen LogP contribution in [0.15, 0.2) is 36.5 Å². The van der Waals surface area contributed by atoms with Crippen molar-refractivity contribution in [2.75, 3.05) is 14.1 Å². The van der Waals surface area contributed by atoms with Gasteiger partial charge in [0.05, 0.1) is 0 Å². The largest absolute Gasteiger partial charge is 0.351 e. The molecule has 2 nitrogen and oxygen atoms in total. The Labute approximate surface area is 95.9 Å². The summed E-state index contributed by atoms with van der Waals surface area (Å²) < 4.78 is 2.97. The van der Waals surface area contributed by atoms with Gasteiger partial charge in [0.15, 0.2) is 0 Å². The first-order valence-corrected chi connectivity index (χ1v) is 5.23. The van der Waals surface area contributed by atoms with Gasteiger partial charge in [-0.05, 0) is 37.9 Å². The Morgan fingerprint density at radius 2 is 1.87 bits per heavy atom. The molecule has 0 spiro atoms. The molecule has 2 aliphatic rings. The second-order valence-electron chi connectivity index (χ2n) is 3.34. The summed E-state index contributed by atoms with van der Waals surface area (Å²) in [6, 6.07) is 10.1. The van der Waals surface area contributed by atoms with E-state index in [2.05, 4.69) is 22.0 Å². The van der Waals surface area contributed by atoms with Gasteiger partial charge in [-0.1, -0.05) is 24.4 Å². The standard InChI is InChI=1S/C10H9NS.C2H7N/c1-11-6-2-3-8-4-5-9(12)7-10(8)11;1-3-2/h2-7H,1H3;3H,1-2H3. The molecule has 1 aliphatic carbocycles. The molecule has 3 heteroatoms. The molecular weight excluding hydrogens is 204 g/mol. The summed E-state index contributed by atoms with van der Waals surface area (Å²) in [5.41, 5.74) is 2.42. The van der Waals surface area contributed by atoms with E-state index >= 15 is 0 Å². The van der Waals surface area contributed by atoms with Gasteiger partial charge in [-0.25, -0.2) is 0 Å². The maximum Gasteiger partial charge on any atom is 0.0491 e. The Hall–Kier alpha value is -1.19. The Kier molecular flexibility index (Phi) is 4.46. The first-order valence-electron chi connectivity index (χ1n) is 4.83. The molecule has 15 heavy (non-hydrogen) atoms. The number of nitrogens with one attached hydrogen (secondary N) is 1. The molecular formula is C12H16N2S. The lowest BCUT2D eigenvalue weighted by molar-refractivity contribution is 0.912. The number of hydrogen-bond donors (Lipinski definition) is 1. The molecule has 1 aliphatic heterocycles. The van der Waals surface area contributed by atoms with E-state index in [1.165, 1.54) is 11.3 Å². The molecule has 1 N–H and O–H groups in total. The van der Waals surface area contributed by atoms with Crippen LogP contribution in [0.4, 0.5) is 0 Å². The summed E-state index contributed by atoms with van der Waals surface area (Å²) >= 11 is 5.09. The Bertz CT molecular complexity index is 448. The Morgan fingerprint density at radius 1 is 1.20 bits per heavy atom. The van der Waals surface area contributed by atoms with Gasteiger partial charge in [0.2, 0.25) is 0 Å². The second-order valence-corrected chi connectivity index (χ2v) is 3.81. The van der Waals surface area contributed by atoms with E-state index in [4.69, 9.17) is 12.2 Å². The van der Waals surface area contributed by atoms with Gasteiger partial charge < -0.3 is 9.88 Å². The predicted octanol–water partition coefficient (Wildman–Crippen LogP) is 2.69. The summed E-state index contributed by atoms with van der Waals surface area (Å²) in [5.74, 6) is 0. The predicted molar refractivity (Wildman–Crippen MR) is 67.9 cm³/mol. The average Bonchev–Trinajstić information content (AvgIpc) is 2.21. The van der Waals surface area contributed by atoms with Crippen LogP contribution >= 0.6 is 12.2 Å². The lowest BCUT2D eigenvalue weighted by atomic mass is 10.1. The first kappa shape index (κ1) is 11.9. The highest BCUT2D eigenvalue weighted by Gasteiger charge is 2.00. The summed E-state index contributed by atoms with van der Waals surface area (Å²) in [6.45, 7) is 0. The van der Waals surface area contributed by atoms with Gasteiger partial charge in [-0.3, -0.25) is 0 Å². The number of nitrogens with zero attached hydrogens (tertiary/aromatic N) is 1. The first-order chi connectivity index (χ1) is 7.19. The van der Waals surface area contributed by atoms with Gasteiger partial charge in [0.25, 0.3) is 0 Å². The SMILES string of the molecule is CNC.Cn1cccc2ccc(=S)cc1-2. The van der Waals surface area contributed by atoms with Crippen molar-refractivity contribution in [3.63, 3.8) is 0 Å². The second kappa shape index (κ2) is 5.63. The van der Waals surface area contributed by atoms with Crippen molar-refractivity contribution in [2.45, 2.75) is 0 Å². The highest BCUT2D eigenvalue weighted by Crippen LogP contribution is 2.19. The minimum Gasteiger partial charge on any atom is -0.351 e. The van der Waals surface area contributed by atoms with Crippen molar-refractivity contribution in [3.05, 3.63) is 41.0 Å². The molecule has 0 atom stereocenters. The highest BCUT2D eigenvalue weighted by molar-refractivity contribution is 7.71. The molecule has 0 aromatic carbocycles. The van der Waals surface area contributed by atoms with Gasteiger partial charge in [0, 0.05) is 23.4 Å². The maximum absolute atomic E-state index is 5.09. The number of pyridine rings is 1. The van der Waals surface area contributed by atoms with Crippen LogP contribution in [-0.4, -0.2) is 18.7 Å². The van der Waals surface area contributed by atoms with E-state index < -0.39 is 0 Å². The lowest BCUT2D eigenvalue weighted by Crippen LogP contribution is -1.95. The molecule has 0 aromatic rings. The van der Waals surface area contributed by atoms with Crippen LogP contribution in [0.1, 0.15) is 0 Å². The van der Waals surface area contributed by atoms with Crippen molar-refractivity contribution in [3.8, 4) is 11.3 Å². The zero-order valence-corrected chi connectivity index (χ0v) is 10.1. The molecule has 1 heterocycles. The molecule has 0 saturated heterocycles. The fraction of sp³-hybridized carbons (Fsp3) is 0.250. The third kappa shape index (κ3) is 3.15. The number of hydrogen-bond acceptors (Lipinski definition) is 2. The van der Waals surface area contributed by atoms with Crippen molar-refractivity contribution >= 4 is 12.2 Å². The van der Waals surface area contributed by atoms with E-state index in [0.29, 0.717) is 0 Å². The highest BCUT2D eigenvalue weighted by atomic mass is 32.1. The number of benzene rings is 1. The molecule has 0 fully saturated rings. The Morgan fingerprint density at radius 3 is 2.53 bits per heavy atom. The third-order valence-corrected chi connectivity index (χ3v) is 2.22. The zero-order valence-electron chi connectivity index (χ0n) is 9.32. The zero-order chi connectivity index (χ0) is 11.3. The number of aryl methyl sites for hydroxylation is 1. The lowest BCUT2D eigenvalue weighted by Gasteiger charge is -2.09. The van der Waals surface area contributed by atoms with Crippen molar-refractivity contribution in [1.82, 2.24) is 9.88 Å². The van der Waals surface area contributed by atoms with Crippen LogP contribution in [0.25, 0.3) is 11.3 Å². The van der Waals surface area contributed by atoms with Gasteiger partial charge in [-0.15, -0.1) is 0 Å². The molecule has 80 valence electrons. The minimum absolute atomic E-state index is 0.893. The monoisotopic (exact) mass is 220 g/mol. The normalized spacial score (nSPS) is 9.53. The van der Waals surface area contributed by atoms with Crippen LogP contribution in [-0.2, 0) is 7.05 Å². The summed E-state index contributed by atoms with van der Waals surface area (Å²) in [5, 5.41) is 2.75. The number of rotatable bonds is 0. The topological polar surface area (TPSA) is 17.0 Å². The fourth-order valence-corrected chi connectivity index (χ4v) is 1.51. The summed E-state index contributed by atoms with van der Waals surface area (Å²) in [6.07, 6.45) is 2.02. The average molecular weight is 220 g/mol. The third-order valence-electron chi connectivity index (χ3n) is 1.97. The molecule has 0 unspecified atom stereocenters. The van der Waals surface area contributed by atoms with Crippen molar-refractivity contribution in [1.29, 1.82) is 0 Å². The van der Waals surface area contributed by atoms with Crippen molar-refractivity contribution in [2.24, 2.45) is 7.05 Å². The van der Waals surface area contributed by atoms with Gasteiger partial charge >= 0.3 is 0 Å². The molecule has 0 bridgehead atoms. The smallest absolute Gasteiger partial charge is 0.0491 e. The molecule has 0 radical (unpaired) electrons. The van der Waals surface area contributed by atoms with E-state index in [0.717, 1.165) is 4.51 Å². The fourth-order valence-electron chi connectivity index (χ4n) is 1.33. The molecule has 2 rings (SSSR count). The number of aromatic nitrogens is 1. The van der Waals surface area contributed by atoms with Crippen LogP contribution in [0.3, 0.4) is 0 Å². The van der Waals surface area contributed by atoms with Crippen LogP contribution in [0.2, 0.25) is 0 Å². The van der Waals surface area contributed by atoms with E-state index in [9.17, 15) is 0 Å². The van der Waals surface area contributed by atoms with Gasteiger partial charge in [-0.2, -0.15) is 0 Å². The minimum atomic E-state index is 0.893. The van der Waals surface area contributed by atoms with Crippen LogP contribution < -0.4 is 5.32 Å². The van der Waals surface area contributed by atoms with E-state index in [1.807, 2.05) is 45.5 Å².